The van der Waals surface area contributed by atoms with Crippen molar-refractivity contribution in [1.82, 2.24) is 19.5 Å². The largest absolute Gasteiger partial charge is 0.463 e. The Kier molecular flexibility index (Phi) is 5.75. The van der Waals surface area contributed by atoms with Crippen LogP contribution >= 0.6 is 11.6 Å². The summed E-state index contributed by atoms with van der Waals surface area (Å²) in [5, 5.41) is 0.138. The third-order valence-corrected chi connectivity index (χ3v) is 4.21. The lowest BCUT2D eigenvalue weighted by atomic mass is 10.1. The van der Waals surface area contributed by atoms with E-state index in [-0.39, 0.29) is 11.8 Å². The maximum Gasteiger partial charge on any atom is 0.303 e. The summed E-state index contributed by atoms with van der Waals surface area (Å²) in [5.74, 6) is -1.76. The van der Waals surface area contributed by atoms with Crippen molar-refractivity contribution >= 4 is 40.7 Å². The predicted molar refractivity (Wildman–Crippen MR) is 92.0 cm³/mol. The van der Waals surface area contributed by atoms with E-state index in [4.69, 9.17) is 30.5 Å². The molecule has 0 amide bonds. The van der Waals surface area contributed by atoms with Crippen molar-refractivity contribution in [3.63, 3.8) is 0 Å². The van der Waals surface area contributed by atoms with E-state index in [2.05, 4.69) is 15.0 Å². The molecule has 1 aliphatic rings. The first kappa shape index (κ1) is 20.0. The first-order valence-electron chi connectivity index (χ1n) is 8.24. The summed E-state index contributed by atoms with van der Waals surface area (Å²) < 4.78 is 23.1. The third kappa shape index (κ3) is 4.04. The average Bonchev–Trinajstić information content (AvgIpc) is 3.16. The predicted octanol–water partition coefficient (Wildman–Crippen LogP) is 0.804. The van der Waals surface area contributed by atoms with Crippen molar-refractivity contribution in [2.24, 2.45) is 0 Å². The Morgan fingerprint density at radius 2 is 1.75 bits per heavy atom. The molecule has 0 radical (unpaired) electrons. The lowest BCUT2D eigenvalue weighted by Crippen LogP contribution is -2.40. The summed E-state index contributed by atoms with van der Waals surface area (Å²) in [7, 11) is 0. The molecule has 1 saturated heterocycles. The first-order valence-corrected chi connectivity index (χ1v) is 8.62. The molecular formula is C16H17ClN4O7. The molecule has 0 saturated carbocycles. The molecule has 150 valence electrons. The molecule has 0 aliphatic carbocycles. The number of halogens is 1. The second-order valence-corrected chi connectivity index (χ2v) is 6.36. The van der Waals surface area contributed by atoms with Gasteiger partial charge < -0.3 is 18.9 Å². The van der Waals surface area contributed by atoms with Gasteiger partial charge in [0.15, 0.2) is 29.2 Å². The highest BCUT2D eigenvalue weighted by atomic mass is 35.5. The maximum absolute atomic E-state index is 11.7. The molecule has 3 rings (SSSR count). The number of carbonyl (C=O) groups is 3. The number of aromatic nitrogens is 4. The van der Waals surface area contributed by atoms with Gasteiger partial charge in [-0.25, -0.2) is 15.0 Å². The Morgan fingerprint density at radius 1 is 1.07 bits per heavy atom. The lowest BCUT2D eigenvalue weighted by Gasteiger charge is -2.23. The number of carbonyl (C=O) groups excluding carboxylic acids is 3. The quantitative estimate of drug-likeness (QED) is 0.394. The minimum Gasteiger partial charge on any atom is -0.463 e. The Morgan fingerprint density at radius 3 is 2.39 bits per heavy atom. The molecule has 0 bridgehead atoms. The Labute approximate surface area is 163 Å². The Bertz CT molecular complexity index is 918. The molecule has 0 aromatic carbocycles. The Balaban J connectivity index is 2.01. The van der Waals surface area contributed by atoms with E-state index in [9.17, 15) is 14.4 Å². The molecule has 1 fully saturated rings. The number of nitrogens with zero attached hydrogens (tertiary/aromatic N) is 4. The van der Waals surface area contributed by atoms with E-state index in [1.54, 1.807) is 0 Å². The zero-order valence-electron chi connectivity index (χ0n) is 15.2. The van der Waals surface area contributed by atoms with Gasteiger partial charge in [0.05, 0.1) is 6.33 Å². The molecule has 4 atom stereocenters. The molecule has 2 aromatic rings. The average molecular weight is 413 g/mol. The minimum atomic E-state index is -1.03. The highest BCUT2D eigenvalue weighted by Gasteiger charge is 2.51. The highest BCUT2D eigenvalue weighted by molar-refractivity contribution is 6.33. The van der Waals surface area contributed by atoms with Crippen LogP contribution in [0.1, 0.15) is 27.0 Å². The second-order valence-electron chi connectivity index (χ2n) is 6.00. The zero-order chi connectivity index (χ0) is 20.4. The number of hydrogen-bond acceptors (Lipinski definition) is 10. The number of rotatable bonds is 5. The van der Waals surface area contributed by atoms with Gasteiger partial charge in [0.1, 0.15) is 24.6 Å². The van der Waals surface area contributed by atoms with Crippen LogP contribution in [-0.2, 0) is 33.3 Å². The topological polar surface area (TPSA) is 132 Å². The fourth-order valence-corrected chi connectivity index (χ4v) is 3.10. The molecular weight excluding hydrogens is 396 g/mol. The number of imidazole rings is 1. The molecule has 0 unspecified atom stereocenters. The van der Waals surface area contributed by atoms with Crippen LogP contribution in [0, 0.1) is 0 Å². The van der Waals surface area contributed by atoms with Crippen LogP contribution in [0.3, 0.4) is 0 Å². The van der Waals surface area contributed by atoms with E-state index in [1.165, 1.54) is 38.0 Å². The van der Waals surface area contributed by atoms with Crippen molar-refractivity contribution in [3.8, 4) is 0 Å². The van der Waals surface area contributed by atoms with Gasteiger partial charge in [0, 0.05) is 20.8 Å². The zero-order valence-corrected chi connectivity index (χ0v) is 16.0. The summed E-state index contributed by atoms with van der Waals surface area (Å²) in [5.41, 5.74) is 0.652. The van der Waals surface area contributed by atoms with E-state index in [0.717, 1.165) is 0 Å². The maximum atomic E-state index is 11.7. The van der Waals surface area contributed by atoms with Gasteiger partial charge in [0.2, 0.25) is 0 Å². The van der Waals surface area contributed by atoms with E-state index in [0.29, 0.717) is 11.2 Å². The van der Waals surface area contributed by atoms with Gasteiger partial charge in [0.25, 0.3) is 0 Å². The summed E-state index contributed by atoms with van der Waals surface area (Å²) in [6.45, 7) is 3.45. The lowest BCUT2D eigenvalue weighted by molar-refractivity contribution is -0.166. The molecule has 11 nitrogen and oxygen atoms in total. The molecule has 0 spiro atoms. The van der Waals surface area contributed by atoms with E-state index < -0.39 is 42.4 Å². The second kappa shape index (κ2) is 8.07. The van der Waals surface area contributed by atoms with Crippen molar-refractivity contribution in [2.75, 3.05) is 6.61 Å². The van der Waals surface area contributed by atoms with Crippen molar-refractivity contribution in [2.45, 2.75) is 45.3 Å². The molecule has 0 N–H and O–H groups in total. The van der Waals surface area contributed by atoms with Crippen LogP contribution in [0.25, 0.3) is 11.2 Å². The fourth-order valence-electron chi connectivity index (χ4n) is 2.93. The van der Waals surface area contributed by atoms with Crippen molar-refractivity contribution < 1.29 is 33.3 Å². The highest BCUT2D eigenvalue weighted by Crippen LogP contribution is 2.36. The first-order chi connectivity index (χ1) is 13.3. The number of esters is 3. The monoisotopic (exact) mass is 412 g/mol. The molecule has 12 heteroatoms. The van der Waals surface area contributed by atoms with Crippen molar-refractivity contribution in [1.29, 1.82) is 0 Å². The van der Waals surface area contributed by atoms with Crippen LogP contribution < -0.4 is 0 Å². The molecule has 2 aromatic heterocycles. The fraction of sp³-hybridized carbons (Fsp3) is 0.500. The normalized spacial score (nSPS) is 24.1. The SMILES string of the molecule is CC(=O)OC[C@H]1O[C@@H](n2cnc3c(Cl)ncnc32)[C@H](OC(C)=O)[C@H]1OC(C)=O. The van der Waals surface area contributed by atoms with Crippen LogP contribution in [0.15, 0.2) is 12.7 Å². The number of ether oxygens (including phenoxy) is 4. The van der Waals surface area contributed by atoms with Crippen LogP contribution in [-0.4, -0.2) is 62.3 Å². The summed E-state index contributed by atoms with van der Waals surface area (Å²) in [6.07, 6.45) is -1.24. The van der Waals surface area contributed by atoms with E-state index in [1.807, 2.05) is 0 Å². The van der Waals surface area contributed by atoms with Gasteiger partial charge in [-0.3, -0.25) is 19.0 Å². The summed E-state index contributed by atoms with van der Waals surface area (Å²) >= 11 is 6.03. The number of hydrogen-bond donors (Lipinski definition) is 0. The van der Waals surface area contributed by atoms with Crippen LogP contribution in [0.2, 0.25) is 5.15 Å². The Hall–Kier alpha value is -2.79. The number of fused-ring (bicyclic) bond motifs is 1. The summed E-state index contributed by atoms with van der Waals surface area (Å²) in [6, 6.07) is 0. The molecule has 28 heavy (non-hydrogen) atoms. The van der Waals surface area contributed by atoms with Gasteiger partial charge in [-0.2, -0.15) is 0 Å². The third-order valence-electron chi connectivity index (χ3n) is 3.93. The van der Waals surface area contributed by atoms with Gasteiger partial charge >= 0.3 is 17.9 Å². The van der Waals surface area contributed by atoms with Crippen molar-refractivity contribution in [3.05, 3.63) is 17.8 Å². The smallest absolute Gasteiger partial charge is 0.303 e. The van der Waals surface area contributed by atoms with Crippen LogP contribution in [0.4, 0.5) is 0 Å². The molecule has 1 aliphatic heterocycles. The van der Waals surface area contributed by atoms with E-state index >= 15 is 0 Å². The van der Waals surface area contributed by atoms with Crippen LogP contribution in [0.5, 0.6) is 0 Å². The standard InChI is InChI=1S/C16H17ClN4O7/c1-7(22)25-4-10-12(26-8(2)23)13(27-9(3)24)16(28-10)21-6-20-11-14(17)18-5-19-15(11)21/h5-6,10,12-13,16H,4H2,1-3H3/t10-,12+,13-,16-/m1/s1. The van der Waals surface area contributed by atoms with Gasteiger partial charge in [-0.1, -0.05) is 11.6 Å². The van der Waals surface area contributed by atoms with Gasteiger partial charge in [-0.15, -0.1) is 0 Å². The summed E-state index contributed by atoms with van der Waals surface area (Å²) in [4.78, 5) is 46.6. The minimum absolute atomic E-state index is 0.138. The molecule has 3 heterocycles. The van der Waals surface area contributed by atoms with Gasteiger partial charge in [-0.05, 0) is 0 Å².